The van der Waals surface area contributed by atoms with Gasteiger partial charge in [0.1, 0.15) is 0 Å². The van der Waals surface area contributed by atoms with Crippen LogP contribution in [-0.4, -0.2) is 26.3 Å². The molecule has 0 unspecified atom stereocenters. The molecule has 3 aromatic heterocycles. The molecule has 0 aliphatic carbocycles. The van der Waals surface area contributed by atoms with E-state index in [0.29, 0.717) is 35.8 Å². The van der Waals surface area contributed by atoms with Crippen LogP contribution in [0.1, 0.15) is 37.9 Å². The van der Waals surface area contributed by atoms with E-state index in [2.05, 4.69) is 34.1 Å². The molecule has 3 heterocycles. The average Bonchev–Trinajstić information content (AvgIpc) is 3.31. The molecule has 3 aromatic rings. The Kier molecular flexibility index (Phi) is 5.54. The summed E-state index contributed by atoms with van der Waals surface area (Å²) in [4.78, 5) is 20.2. The van der Waals surface area contributed by atoms with E-state index in [1.165, 1.54) is 0 Å². The molecule has 3 rings (SSSR count). The van der Waals surface area contributed by atoms with Gasteiger partial charge in [-0.05, 0) is 17.4 Å². The van der Waals surface area contributed by atoms with Crippen molar-refractivity contribution in [3.8, 4) is 11.4 Å². The Labute approximate surface area is 148 Å². The third-order valence-corrected chi connectivity index (χ3v) is 3.93. The zero-order valence-electron chi connectivity index (χ0n) is 14.0. The summed E-state index contributed by atoms with van der Waals surface area (Å²) in [6.07, 6.45) is 1.18. The molecule has 0 N–H and O–H groups in total. The fraction of sp³-hybridized carbons (Fsp3) is 0.438. The summed E-state index contributed by atoms with van der Waals surface area (Å²) < 4.78 is 15.3. The lowest BCUT2D eigenvalue weighted by Crippen LogP contribution is -2.06. The molecule has 0 saturated heterocycles. The van der Waals surface area contributed by atoms with Crippen molar-refractivity contribution in [2.24, 2.45) is 5.92 Å². The number of thiophene rings is 1. The van der Waals surface area contributed by atoms with Crippen LogP contribution in [-0.2, 0) is 29.0 Å². The van der Waals surface area contributed by atoms with Crippen LogP contribution in [0.5, 0.6) is 0 Å². The molecule has 0 fully saturated rings. The molecule has 0 aliphatic heterocycles. The fourth-order valence-corrected chi connectivity index (χ4v) is 2.72. The summed E-state index contributed by atoms with van der Waals surface area (Å²) in [6, 6.07) is 1.91. The zero-order chi connectivity index (χ0) is 17.6. The van der Waals surface area contributed by atoms with Gasteiger partial charge in [0.2, 0.25) is 11.7 Å². The van der Waals surface area contributed by atoms with Gasteiger partial charge in [-0.15, -0.1) is 0 Å². The van der Waals surface area contributed by atoms with Crippen LogP contribution in [0.4, 0.5) is 0 Å². The first-order valence-electron chi connectivity index (χ1n) is 7.92. The van der Waals surface area contributed by atoms with Crippen molar-refractivity contribution in [3.05, 3.63) is 34.4 Å². The van der Waals surface area contributed by atoms with Gasteiger partial charge in [0.25, 0.3) is 5.89 Å². The first-order chi connectivity index (χ1) is 12.1. The highest BCUT2D eigenvalue weighted by molar-refractivity contribution is 7.08. The van der Waals surface area contributed by atoms with Crippen LogP contribution in [0.15, 0.2) is 25.9 Å². The molecule has 0 saturated carbocycles. The minimum absolute atomic E-state index is 0.0338. The highest BCUT2D eigenvalue weighted by Gasteiger charge is 2.13. The van der Waals surface area contributed by atoms with E-state index < -0.39 is 0 Å². The van der Waals surface area contributed by atoms with Crippen molar-refractivity contribution >= 4 is 17.3 Å². The summed E-state index contributed by atoms with van der Waals surface area (Å²) >= 11 is 1.56. The smallest absolute Gasteiger partial charge is 0.306 e. The first kappa shape index (κ1) is 17.3. The van der Waals surface area contributed by atoms with Crippen molar-refractivity contribution in [1.29, 1.82) is 0 Å². The van der Waals surface area contributed by atoms with Gasteiger partial charge in [0, 0.05) is 23.8 Å². The van der Waals surface area contributed by atoms with Gasteiger partial charge >= 0.3 is 5.97 Å². The maximum Gasteiger partial charge on any atom is 0.306 e. The SMILES string of the molecule is CC(C)Cc1noc(COC(=O)CCc2nc(-c3ccsc3)no2)n1. The molecule has 0 radical (unpaired) electrons. The second-order valence-corrected chi connectivity index (χ2v) is 6.67. The molecule has 9 heteroatoms. The van der Waals surface area contributed by atoms with Gasteiger partial charge in [-0.3, -0.25) is 4.79 Å². The predicted octanol–water partition coefficient (Wildman–Crippen LogP) is 3.06. The van der Waals surface area contributed by atoms with Crippen molar-refractivity contribution in [2.75, 3.05) is 0 Å². The van der Waals surface area contributed by atoms with E-state index in [1.54, 1.807) is 11.3 Å². The largest absolute Gasteiger partial charge is 0.456 e. The Bertz CT molecular complexity index is 810. The highest BCUT2D eigenvalue weighted by atomic mass is 32.1. The first-order valence-corrected chi connectivity index (χ1v) is 8.86. The van der Waals surface area contributed by atoms with Crippen LogP contribution in [0.3, 0.4) is 0 Å². The van der Waals surface area contributed by atoms with Crippen LogP contribution < -0.4 is 0 Å². The Morgan fingerprint density at radius 1 is 1.24 bits per heavy atom. The van der Waals surface area contributed by atoms with Crippen LogP contribution >= 0.6 is 11.3 Å². The molecule has 0 bridgehead atoms. The van der Waals surface area contributed by atoms with Crippen molar-refractivity contribution in [3.63, 3.8) is 0 Å². The molecule has 25 heavy (non-hydrogen) atoms. The third kappa shape index (κ3) is 4.96. The Morgan fingerprint density at radius 3 is 2.84 bits per heavy atom. The molecule has 132 valence electrons. The molecule has 0 amide bonds. The maximum absolute atomic E-state index is 11.8. The average molecular weight is 362 g/mol. The van der Waals surface area contributed by atoms with E-state index >= 15 is 0 Å². The Morgan fingerprint density at radius 2 is 2.08 bits per heavy atom. The summed E-state index contributed by atoms with van der Waals surface area (Å²) in [5.41, 5.74) is 0.899. The standard InChI is InChI=1S/C16H18N4O4S/c1-10(2)7-12-17-14(24-19-12)8-22-15(21)4-3-13-18-16(20-23-13)11-5-6-25-9-11/h5-6,9-10H,3-4,7-8H2,1-2H3. The summed E-state index contributed by atoms with van der Waals surface area (Å²) in [5.74, 6) is 1.87. The lowest BCUT2D eigenvalue weighted by atomic mass is 10.1. The molecule has 0 spiro atoms. The minimum Gasteiger partial charge on any atom is -0.456 e. The molecule has 0 aliphatic rings. The quantitative estimate of drug-likeness (QED) is 0.563. The number of rotatable bonds is 8. The van der Waals surface area contributed by atoms with E-state index in [1.807, 2.05) is 16.8 Å². The number of esters is 1. The van der Waals surface area contributed by atoms with Crippen molar-refractivity contribution < 1.29 is 18.6 Å². The number of carbonyl (C=O) groups is 1. The van der Waals surface area contributed by atoms with Gasteiger partial charge in [-0.2, -0.15) is 21.3 Å². The van der Waals surface area contributed by atoms with Crippen LogP contribution in [0.25, 0.3) is 11.4 Å². The second-order valence-electron chi connectivity index (χ2n) is 5.89. The number of hydrogen-bond donors (Lipinski definition) is 0. The lowest BCUT2D eigenvalue weighted by Gasteiger charge is -1.99. The van der Waals surface area contributed by atoms with Crippen LogP contribution in [0, 0.1) is 5.92 Å². The molecular formula is C16H18N4O4S. The van der Waals surface area contributed by atoms with Gasteiger partial charge in [-0.1, -0.05) is 24.2 Å². The van der Waals surface area contributed by atoms with E-state index in [0.717, 1.165) is 12.0 Å². The van der Waals surface area contributed by atoms with Crippen molar-refractivity contribution in [2.45, 2.75) is 39.7 Å². The zero-order valence-corrected chi connectivity index (χ0v) is 14.8. The van der Waals surface area contributed by atoms with Gasteiger partial charge in [0.05, 0.1) is 6.42 Å². The monoisotopic (exact) mass is 362 g/mol. The van der Waals surface area contributed by atoms with Gasteiger partial charge in [-0.25, -0.2) is 0 Å². The fourth-order valence-electron chi connectivity index (χ4n) is 2.09. The lowest BCUT2D eigenvalue weighted by molar-refractivity contribution is -0.145. The Hall–Kier alpha value is -2.55. The highest BCUT2D eigenvalue weighted by Crippen LogP contribution is 2.19. The van der Waals surface area contributed by atoms with E-state index in [9.17, 15) is 4.79 Å². The normalized spacial score (nSPS) is 11.2. The summed E-state index contributed by atoms with van der Waals surface area (Å²) in [5, 5.41) is 11.6. The minimum atomic E-state index is -0.390. The van der Waals surface area contributed by atoms with E-state index in [4.69, 9.17) is 13.8 Å². The predicted molar refractivity (Wildman–Crippen MR) is 88.6 cm³/mol. The number of ether oxygens (including phenoxy) is 1. The number of hydrogen-bond acceptors (Lipinski definition) is 9. The van der Waals surface area contributed by atoms with Gasteiger partial charge < -0.3 is 13.8 Å². The molecule has 0 aromatic carbocycles. The third-order valence-electron chi connectivity index (χ3n) is 3.25. The van der Waals surface area contributed by atoms with Crippen molar-refractivity contribution in [1.82, 2.24) is 20.3 Å². The topological polar surface area (TPSA) is 104 Å². The maximum atomic E-state index is 11.8. The molecule has 8 nitrogen and oxygen atoms in total. The number of carbonyl (C=O) groups excluding carboxylic acids is 1. The second kappa shape index (κ2) is 8.02. The molecular weight excluding hydrogens is 344 g/mol. The van der Waals surface area contributed by atoms with E-state index in [-0.39, 0.29) is 19.0 Å². The number of aromatic nitrogens is 4. The van der Waals surface area contributed by atoms with Gasteiger partial charge in [0.15, 0.2) is 12.4 Å². The number of nitrogens with zero attached hydrogens (tertiary/aromatic N) is 4. The number of aryl methyl sites for hydroxylation is 1. The van der Waals surface area contributed by atoms with Crippen LogP contribution in [0.2, 0.25) is 0 Å². The summed E-state index contributed by atoms with van der Waals surface area (Å²) in [6.45, 7) is 4.10. The molecule has 0 atom stereocenters. The Balaban J connectivity index is 1.43. The summed E-state index contributed by atoms with van der Waals surface area (Å²) in [7, 11) is 0.